The van der Waals surface area contributed by atoms with E-state index in [9.17, 15) is 4.79 Å². The Labute approximate surface area is 110 Å². The van der Waals surface area contributed by atoms with Crippen LogP contribution in [0, 0.1) is 12.8 Å². The van der Waals surface area contributed by atoms with Crippen LogP contribution in [0.2, 0.25) is 0 Å². The minimum Gasteiger partial charge on any atom is -0.352 e. The van der Waals surface area contributed by atoms with E-state index in [1.54, 1.807) is 0 Å². The highest BCUT2D eigenvalue weighted by Crippen LogP contribution is 2.12. The fourth-order valence-corrected chi connectivity index (χ4v) is 2.02. The van der Waals surface area contributed by atoms with E-state index in [1.807, 2.05) is 38.1 Å². The summed E-state index contributed by atoms with van der Waals surface area (Å²) < 4.78 is 0. The molecule has 0 aliphatic carbocycles. The Balaban J connectivity index is 2.58. The Morgan fingerprint density at radius 3 is 2.28 bits per heavy atom. The molecule has 0 aliphatic heterocycles. The van der Waals surface area contributed by atoms with Crippen LogP contribution in [0.1, 0.15) is 44.4 Å². The van der Waals surface area contributed by atoms with Crippen molar-refractivity contribution in [2.75, 3.05) is 0 Å². The summed E-state index contributed by atoms with van der Waals surface area (Å²) in [7, 11) is 0. The molecule has 0 saturated carbocycles. The molecule has 1 rings (SSSR count). The van der Waals surface area contributed by atoms with Gasteiger partial charge in [0.25, 0.3) is 0 Å². The van der Waals surface area contributed by atoms with E-state index >= 15 is 0 Å². The van der Waals surface area contributed by atoms with Gasteiger partial charge in [0.1, 0.15) is 6.04 Å². The predicted molar refractivity (Wildman–Crippen MR) is 75.2 cm³/mol. The average Bonchev–Trinajstić information content (AvgIpc) is 2.27. The van der Waals surface area contributed by atoms with Crippen molar-refractivity contribution < 1.29 is 4.79 Å². The van der Waals surface area contributed by atoms with Gasteiger partial charge in [-0.3, -0.25) is 4.79 Å². The maximum absolute atomic E-state index is 12.0. The molecule has 3 heteroatoms. The molecule has 0 bridgehead atoms. The molecule has 0 heterocycles. The first-order chi connectivity index (χ1) is 8.40. The van der Waals surface area contributed by atoms with E-state index in [0.717, 1.165) is 12.0 Å². The number of aryl methyl sites for hydroxylation is 1. The van der Waals surface area contributed by atoms with Gasteiger partial charge in [0.15, 0.2) is 0 Å². The van der Waals surface area contributed by atoms with Crippen LogP contribution in [0.25, 0.3) is 0 Å². The number of rotatable bonds is 5. The highest BCUT2D eigenvalue weighted by molar-refractivity contribution is 5.83. The molecule has 1 aromatic carbocycles. The molecule has 18 heavy (non-hydrogen) atoms. The number of amides is 1. The van der Waals surface area contributed by atoms with Gasteiger partial charge < -0.3 is 11.1 Å². The van der Waals surface area contributed by atoms with Crippen LogP contribution in [0.15, 0.2) is 24.3 Å². The Bertz CT molecular complexity index is 384. The number of nitrogens with two attached hydrogens (primary N) is 1. The number of nitrogens with one attached hydrogen (secondary N) is 1. The number of hydrogen-bond donors (Lipinski definition) is 2. The molecule has 2 unspecified atom stereocenters. The molecule has 2 atom stereocenters. The van der Waals surface area contributed by atoms with Gasteiger partial charge in [-0.2, -0.15) is 0 Å². The lowest BCUT2D eigenvalue weighted by molar-refractivity contribution is -0.123. The van der Waals surface area contributed by atoms with Crippen molar-refractivity contribution in [3.05, 3.63) is 35.4 Å². The minimum absolute atomic E-state index is 0.105. The van der Waals surface area contributed by atoms with Crippen molar-refractivity contribution in [1.29, 1.82) is 0 Å². The van der Waals surface area contributed by atoms with Crippen LogP contribution < -0.4 is 11.1 Å². The molecular weight excluding hydrogens is 224 g/mol. The van der Waals surface area contributed by atoms with E-state index in [0.29, 0.717) is 5.92 Å². The smallest absolute Gasteiger partial charge is 0.241 e. The summed E-state index contributed by atoms with van der Waals surface area (Å²) >= 11 is 0. The average molecular weight is 248 g/mol. The van der Waals surface area contributed by atoms with Crippen LogP contribution >= 0.6 is 0 Å². The predicted octanol–water partition coefficient (Wildman–Crippen LogP) is 2.55. The molecule has 3 N–H and O–H groups in total. The molecule has 0 saturated heterocycles. The van der Waals surface area contributed by atoms with Crippen LogP contribution in [0.4, 0.5) is 0 Å². The van der Waals surface area contributed by atoms with E-state index in [2.05, 4.69) is 19.2 Å². The Hall–Kier alpha value is -1.35. The first-order valence-electron chi connectivity index (χ1n) is 6.52. The van der Waals surface area contributed by atoms with Gasteiger partial charge in [0.05, 0.1) is 0 Å². The molecule has 0 aliphatic rings. The molecule has 0 radical (unpaired) electrons. The molecule has 1 amide bonds. The topological polar surface area (TPSA) is 55.1 Å². The van der Waals surface area contributed by atoms with Crippen LogP contribution in [-0.2, 0) is 4.79 Å². The first-order valence-corrected chi connectivity index (χ1v) is 6.52. The van der Waals surface area contributed by atoms with Crippen molar-refractivity contribution >= 4 is 5.91 Å². The Morgan fingerprint density at radius 2 is 1.78 bits per heavy atom. The summed E-state index contributed by atoms with van der Waals surface area (Å²) in [5.74, 6) is 0.461. The lowest BCUT2D eigenvalue weighted by Gasteiger charge is -2.19. The van der Waals surface area contributed by atoms with Crippen LogP contribution in [0.3, 0.4) is 0 Å². The second-order valence-electron chi connectivity index (χ2n) is 5.43. The molecule has 0 spiro atoms. The Kier molecular flexibility index (Phi) is 5.35. The third kappa shape index (κ3) is 4.49. The molecule has 100 valence electrons. The summed E-state index contributed by atoms with van der Waals surface area (Å²) in [6.45, 7) is 8.31. The lowest BCUT2D eigenvalue weighted by atomic mass is 10.0. The standard InChI is InChI=1S/C15H24N2O/c1-10(2)9-12(4)17-15(18)14(16)13-7-5-11(3)6-8-13/h5-8,10,12,14H,9,16H2,1-4H3,(H,17,18). The highest BCUT2D eigenvalue weighted by Gasteiger charge is 2.17. The first kappa shape index (κ1) is 14.7. The van der Waals surface area contributed by atoms with Crippen LogP contribution in [-0.4, -0.2) is 11.9 Å². The number of carbonyl (C=O) groups is 1. The maximum Gasteiger partial charge on any atom is 0.241 e. The minimum atomic E-state index is -0.583. The highest BCUT2D eigenvalue weighted by atomic mass is 16.2. The summed E-state index contributed by atoms with van der Waals surface area (Å²) in [6.07, 6.45) is 0.965. The van der Waals surface area contributed by atoms with Crippen molar-refractivity contribution in [2.24, 2.45) is 11.7 Å². The maximum atomic E-state index is 12.0. The van der Waals surface area contributed by atoms with Crippen molar-refractivity contribution in [3.63, 3.8) is 0 Å². The van der Waals surface area contributed by atoms with Gasteiger partial charge in [-0.25, -0.2) is 0 Å². The molecule has 1 aromatic rings. The quantitative estimate of drug-likeness (QED) is 0.841. The lowest BCUT2D eigenvalue weighted by Crippen LogP contribution is -2.39. The number of benzene rings is 1. The van der Waals surface area contributed by atoms with Gasteiger partial charge in [0.2, 0.25) is 5.91 Å². The summed E-state index contributed by atoms with van der Waals surface area (Å²) in [5, 5.41) is 2.96. The van der Waals surface area contributed by atoms with E-state index in [-0.39, 0.29) is 11.9 Å². The molecule has 0 aromatic heterocycles. The van der Waals surface area contributed by atoms with E-state index < -0.39 is 6.04 Å². The summed E-state index contributed by atoms with van der Waals surface area (Å²) in [4.78, 5) is 12.0. The van der Waals surface area contributed by atoms with Gasteiger partial charge in [-0.1, -0.05) is 43.7 Å². The number of carbonyl (C=O) groups excluding carboxylic acids is 1. The molecule has 3 nitrogen and oxygen atoms in total. The SMILES string of the molecule is Cc1ccc(C(N)C(=O)NC(C)CC(C)C)cc1. The van der Waals surface area contributed by atoms with Crippen molar-refractivity contribution in [1.82, 2.24) is 5.32 Å². The number of hydrogen-bond acceptors (Lipinski definition) is 2. The zero-order valence-corrected chi connectivity index (χ0v) is 11.7. The molecule has 0 fully saturated rings. The van der Waals surface area contributed by atoms with E-state index in [1.165, 1.54) is 5.56 Å². The van der Waals surface area contributed by atoms with Crippen LogP contribution in [0.5, 0.6) is 0 Å². The second kappa shape index (κ2) is 6.55. The largest absolute Gasteiger partial charge is 0.352 e. The van der Waals surface area contributed by atoms with Gasteiger partial charge in [-0.15, -0.1) is 0 Å². The third-order valence-electron chi connectivity index (χ3n) is 2.93. The van der Waals surface area contributed by atoms with Crippen molar-refractivity contribution in [3.8, 4) is 0 Å². The van der Waals surface area contributed by atoms with Gasteiger partial charge >= 0.3 is 0 Å². The second-order valence-corrected chi connectivity index (χ2v) is 5.43. The fraction of sp³-hybridized carbons (Fsp3) is 0.533. The normalized spacial score (nSPS) is 14.3. The zero-order valence-electron chi connectivity index (χ0n) is 11.7. The van der Waals surface area contributed by atoms with Gasteiger partial charge in [-0.05, 0) is 31.7 Å². The summed E-state index contributed by atoms with van der Waals surface area (Å²) in [6, 6.07) is 7.34. The van der Waals surface area contributed by atoms with Gasteiger partial charge in [0, 0.05) is 6.04 Å². The molecular formula is C15H24N2O. The van der Waals surface area contributed by atoms with Crippen molar-refractivity contribution in [2.45, 2.75) is 46.2 Å². The zero-order chi connectivity index (χ0) is 13.7. The monoisotopic (exact) mass is 248 g/mol. The third-order valence-corrected chi connectivity index (χ3v) is 2.93. The fourth-order valence-electron chi connectivity index (χ4n) is 2.02. The Morgan fingerprint density at radius 1 is 1.22 bits per heavy atom. The summed E-state index contributed by atoms with van der Waals surface area (Å²) in [5.41, 5.74) is 7.98. The van der Waals surface area contributed by atoms with E-state index in [4.69, 9.17) is 5.73 Å².